The van der Waals surface area contributed by atoms with Crippen molar-refractivity contribution < 1.29 is 4.52 Å². The third-order valence-electron chi connectivity index (χ3n) is 2.97. The van der Waals surface area contributed by atoms with E-state index in [4.69, 9.17) is 10.3 Å². The smallest absolute Gasteiger partial charge is 0.226 e. The summed E-state index contributed by atoms with van der Waals surface area (Å²) in [6, 6.07) is 0.521. The maximum Gasteiger partial charge on any atom is 0.226 e. The van der Waals surface area contributed by atoms with Gasteiger partial charge in [0.2, 0.25) is 5.89 Å². The van der Waals surface area contributed by atoms with Crippen molar-refractivity contribution in [2.75, 3.05) is 0 Å². The van der Waals surface area contributed by atoms with Crippen LogP contribution >= 0.6 is 11.8 Å². The van der Waals surface area contributed by atoms with Gasteiger partial charge in [-0.2, -0.15) is 4.98 Å². The average Bonchev–Trinajstić information content (AvgIpc) is 3.03. The van der Waals surface area contributed by atoms with Crippen LogP contribution < -0.4 is 5.73 Å². The van der Waals surface area contributed by atoms with Gasteiger partial charge in [-0.25, -0.2) is 0 Å². The molecule has 0 bridgehead atoms. The van der Waals surface area contributed by atoms with Gasteiger partial charge in [0, 0.05) is 12.5 Å². The van der Waals surface area contributed by atoms with Gasteiger partial charge in [-0.3, -0.25) is 0 Å². The minimum Gasteiger partial charge on any atom is -0.339 e. The van der Waals surface area contributed by atoms with E-state index in [1.54, 1.807) is 11.8 Å². The summed E-state index contributed by atoms with van der Waals surface area (Å²) < 4.78 is 7.23. The van der Waals surface area contributed by atoms with Gasteiger partial charge >= 0.3 is 0 Å². The summed E-state index contributed by atoms with van der Waals surface area (Å²) in [6.45, 7) is 2.41. The summed E-state index contributed by atoms with van der Waals surface area (Å²) in [7, 11) is 0. The van der Waals surface area contributed by atoms with Crippen LogP contribution in [0.15, 0.2) is 9.68 Å². The average molecular weight is 280 g/mol. The second-order valence-electron chi connectivity index (χ2n) is 4.45. The number of hydrogen-bond acceptors (Lipinski definition) is 7. The number of aryl methyl sites for hydroxylation is 1. The van der Waals surface area contributed by atoms with E-state index in [0.29, 0.717) is 30.1 Å². The van der Waals surface area contributed by atoms with E-state index >= 15 is 0 Å². The van der Waals surface area contributed by atoms with Crippen molar-refractivity contribution >= 4 is 11.8 Å². The Kier molecular flexibility index (Phi) is 3.52. The predicted molar refractivity (Wildman–Crippen MR) is 69.4 cm³/mol. The Bertz CT molecular complexity index is 561. The molecule has 3 rings (SSSR count). The highest BCUT2D eigenvalue weighted by Gasteiger charge is 2.29. The van der Waals surface area contributed by atoms with Gasteiger partial charge in [-0.1, -0.05) is 23.8 Å². The molecule has 19 heavy (non-hydrogen) atoms. The summed E-state index contributed by atoms with van der Waals surface area (Å²) in [5.74, 6) is 2.86. The second-order valence-corrected chi connectivity index (χ2v) is 5.39. The molecule has 1 fully saturated rings. The lowest BCUT2D eigenvalue weighted by Gasteiger charge is -2.05. The molecule has 8 heteroatoms. The quantitative estimate of drug-likeness (QED) is 0.797. The fourth-order valence-corrected chi connectivity index (χ4v) is 2.73. The van der Waals surface area contributed by atoms with E-state index in [1.165, 1.54) is 12.8 Å². The Labute approximate surface area is 115 Å². The SMILES string of the molecule is CCc1nc(CSc2nnc(CN)n2C2CC2)no1. The highest BCUT2D eigenvalue weighted by molar-refractivity contribution is 7.98. The molecule has 0 amide bonds. The van der Waals surface area contributed by atoms with Crippen LogP contribution in [0, 0.1) is 0 Å². The lowest BCUT2D eigenvalue weighted by molar-refractivity contribution is 0.378. The Morgan fingerprint density at radius 1 is 1.42 bits per heavy atom. The zero-order valence-corrected chi connectivity index (χ0v) is 11.6. The van der Waals surface area contributed by atoms with Crippen molar-refractivity contribution in [1.29, 1.82) is 0 Å². The number of hydrogen-bond donors (Lipinski definition) is 1. The zero-order chi connectivity index (χ0) is 13.2. The summed E-state index contributed by atoms with van der Waals surface area (Å²) in [5.41, 5.74) is 5.69. The van der Waals surface area contributed by atoms with E-state index < -0.39 is 0 Å². The zero-order valence-electron chi connectivity index (χ0n) is 10.7. The van der Waals surface area contributed by atoms with Crippen molar-refractivity contribution in [3.63, 3.8) is 0 Å². The molecule has 1 aliphatic rings. The molecule has 1 saturated carbocycles. The summed E-state index contributed by atoms with van der Waals surface area (Å²) in [6.07, 6.45) is 3.12. The van der Waals surface area contributed by atoms with Gasteiger partial charge in [0.05, 0.1) is 12.3 Å². The van der Waals surface area contributed by atoms with Crippen molar-refractivity contribution in [1.82, 2.24) is 24.9 Å². The molecule has 0 aliphatic heterocycles. The van der Waals surface area contributed by atoms with Crippen LogP contribution in [0.1, 0.15) is 43.3 Å². The first-order chi connectivity index (χ1) is 9.31. The third-order valence-corrected chi connectivity index (χ3v) is 3.91. The highest BCUT2D eigenvalue weighted by Crippen LogP contribution is 2.39. The van der Waals surface area contributed by atoms with Crippen LogP contribution in [0.2, 0.25) is 0 Å². The topological polar surface area (TPSA) is 95.7 Å². The van der Waals surface area contributed by atoms with E-state index in [2.05, 4.69) is 24.9 Å². The first-order valence-electron chi connectivity index (χ1n) is 6.40. The Morgan fingerprint density at radius 3 is 2.89 bits per heavy atom. The van der Waals surface area contributed by atoms with Crippen LogP contribution in [-0.4, -0.2) is 24.9 Å². The fraction of sp³-hybridized carbons (Fsp3) is 0.636. The van der Waals surface area contributed by atoms with Crippen LogP contribution in [0.4, 0.5) is 0 Å². The maximum atomic E-state index is 5.69. The minimum atomic E-state index is 0.423. The molecule has 102 valence electrons. The van der Waals surface area contributed by atoms with Crippen LogP contribution in [0.25, 0.3) is 0 Å². The highest BCUT2D eigenvalue weighted by atomic mass is 32.2. The van der Waals surface area contributed by atoms with Crippen LogP contribution in [0.5, 0.6) is 0 Å². The van der Waals surface area contributed by atoms with E-state index in [9.17, 15) is 0 Å². The van der Waals surface area contributed by atoms with E-state index in [0.717, 1.165) is 17.4 Å². The molecule has 0 radical (unpaired) electrons. The molecule has 0 unspecified atom stereocenters. The molecule has 7 nitrogen and oxygen atoms in total. The Morgan fingerprint density at radius 2 is 2.26 bits per heavy atom. The molecule has 0 atom stereocenters. The van der Waals surface area contributed by atoms with Crippen LogP contribution in [-0.2, 0) is 18.7 Å². The molecule has 2 aromatic rings. The number of aromatic nitrogens is 5. The molecule has 2 N–H and O–H groups in total. The molecule has 1 aliphatic carbocycles. The first kappa shape index (κ1) is 12.6. The van der Waals surface area contributed by atoms with Gasteiger partial charge < -0.3 is 14.8 Å². The molecule has 0 spiro atoms. The van der Waals surface area contributed by atoms with Gasteiger partial charge in [-0.05, 0) is 12.8 Å². The van der Waals surface area contributed by atoms with Gasteiger partial charge in [0.25, 0.3) is 0 Å². The maximum absolute atomic E-state index is 5.69. The number of rotatable bonds is 6. The summed E-state index contributed by atoms with van der Waals surface area (Å²) in [5, 5.41) is 13.2. The van der Waals surface area contributed by atoms with Gasteiger partial charge in [0.1, 0.15) is 5.82 Å². The van der Waals surface area contributed by atoms with Gasteiger partial charge in [0.15, 0.2) is 11.0 Å². The number of thioether (sulfide) groups is 1. The number of nitrogens with two attached hydrogens (primary N) is 1. The van der Waals surface area contributed by atoms with Crippen molar-refractivity contribution in [2.24, 2.45) is 5.73 Å². The standard InChI is InChI=1S/C11H16N6OS/c1-2-10-13-8(16-18-10)6-19-11-15-14-9(5-12)17(11)7-3-4-7/h7H,2-6,12H2,1H3. The monoisotopic (exact) mass is 280 g/mol. The fourth-order valence-electron chi connectivity index (χ4n) is 1.87. The molecule has 0 aromatic carbocycles. The second kappa shape index (κ2) is 5.30. The van der Waals surface area contributed by atoms with Gasteiger partial charge in [-0.15, -0.1) is 10.2 Å². The molecular weight excluding hydrogens is 264 g/mol. The van der Waals surface area contributed by atoms with Crippen molar-refractivity contribution in [3.05, 3.63) is 17.5 Å². The summed E-state index contributed by atoms with van der Waals surface area (Å²) in [4.78, 5) is 4.28. The predicted octanol–water partition coefficient (Wildman–Crippen LogP) is 1.31. The molecule has 2 aromatic heterocycles. The Hall–Kier alpha value is -1.41. The van der Waals surface area contributed by atoms with Crippen molar-refractivity contribution in [3.8, 4) is 0 Å². The first-order valence-corrected chi connectivity index (χ1v) is 7.38. The largest absolute Gasteiger partial charge is 0.339 e. The lowest BCUT2D eigenvalue weighted by Crippen LogP contribution is -2.08. The molecule has 0 saturated heterocycles. The van der Waals surface area contributed by atoms with Crippen LogP contribution in [0.3, 0.4) is 0 Å². The molecular formula is C11H16N6OS. The van der Waals surface area contributed by atoms with E-state index in [-0.39, 0.29) is 0 Å². The molecule has 2 heterocycles. The number of nitrogens with zero attached hydrogens (tertiary/aromatic N) is 5. The van der Waals surface area contributed by atoms with Crippen molar-refractivity contribution in [2.45, 2.75) is 49.7 Å². The third kappa shape index (κ3) is 2.64. The summed E-state index contributed by atoms with van der Waals surface area (Å²) >= 11 is 1.58. The minimum absolute atomic E-state index is 0.423. The normalized spacial score (nSPS) is 15.1. The lowest BCUT2D eigenvalue weighted by atomic mass is 10.5. The Balaban J connectivity index is 1.71. The van der Waals surface area contributed by atoms with E-state index in [1.807, 2.05) is 6.92 Å².